The molecule has 2 rings (SSSR count). The van der Waals surface area contributed by atoms with Gasteiger partial charge in [0.15, 0.2) is 17.4 Å². The number of urea groups is 1. The second-order valence-electron chi connectivity index (χ2n) is 6.32. The molecular formula is C20H26Cl2N5O3+. The molecule has 162 valence electrons. The van der Waals surface area contributed by atoms with Crippen molar-refractivity contribution in [2.75, 3.05) is 36.8 Å². The summed E-state index contributed by atoms with van der Waals surface area (Å²) >= 11 is 11.7. The maximum atomic E-state index is 12.8. The maximum absolute atomic E-state index is 12.8. The summed E-state index contributed by atoms with van der Waals surface area (Å²) < 4.78 is 10.5. The fourth-order valence-electron chi connectivity index (χ4n) is 2.53. The average Bonchev–Trinajstić information content (AvgIpc) is 2.74. The minimum Gasteiger partial charge on any atom is -0.495 e. The van der Waals surface area contributed by atoms with Crippen LogP contribution in [0.15, 0.2) is 30.6 Å². The Balaban J connectivity index is 2.23. The Morgan fingerprint density at radius 2 is 2.00 bits per heavy atom. The number of anilines is 3. The highest BCUT2D eigenvalue weighted by Crippen LogP contribution is 2.41. The molecule has 1 unspecified atom stereocenters. The summed E-state index contributed by atoms with van der Waals surface area (Å²) in [6, 6.07) is 2.85. The highest BCUT2D eigenvalue weighted by molar-refractivity contribution is 6.35. The lowest BCUT2D eigenvalue weighted by atomic mass is 10.2. The van der Waals surface area contributed by atoms with E-state index in [0.29, 0.717) is 23.1 Å². The summed E-state index contributed by atoms with van der Waals surface area (Å²) in [5, 5.41) is 6.41. The maximum Gasteiger partial charge on any atom is 0.327 e. The van der Waals surface area contributed by atoms with Gasteiger partial charge in [-0.15, -0.1) is 0 Å². The molecule has 30 heavy (non-hydrogen) atoms. The third-order valence-corrected chi connectivity index (χ3v) is 4.94. The Hall–Kier alpha value is -2.71. The van der Waals surface area contributed by atoms with Crippen LogP contribution in [0.5, 0.6) is 11.5 Å². The number of aromatic nitrogens is 2. The molecule has 2 amide bonds. The Labute approximate surface area is 186 Å². The molecule has 2 aromatic rings. The van der Waals surface area contributed by atoms with Gasteiger partial charge in [0.05, 0.1) is 14.2 Å². The summed E-state index contributed by atoms with van der Waals surface area (Å²) in [7, 11) is 4.52. The molecule has 0 spiro atoms. The van der Waals surface area contributed by atoms with Gasteiger partial charge in [0.25, 0.3) is 5.02 Å². The molecule has 1 aromatic heterocycles. The first-order chi connectivity index (χ1) is 14.3. The number of methoxy groups -OCH3 is 2. The molecule has 10 heteroatoms. The van der Waals surface area contributed by atoms with Gasteiger partial charge in [0.1, 0.15) is 34.4 Å². The van der Waals surface area contributed by atoms with E-state index in [1.54, 1.807) is 19.2 Å². The number of nitrogens with zero attached hydrogens (tertiary/aromatic N) is 3. The molecule has 0 radical (unpaired) electrons. The molecule has 1 atom stereocenters. The standard InChI is InChI=1S/C20H25Cl2N5O3/c1-6-7-8-12(2)25-15-10-16(24-11-23-15)27(3)20(28)26-19-17(21)13(29-4)9-14(30-5)18(19)22/h7-12,21H,6H2,1-5H3,(H-,23,24,25,26,28)/p+1/b8-7-. The first-order valence-corrected chi connectivity index (χ1v) is 10.0. The van der Waals surface area contributed by atoms with E-state index in [1.165, 1.54) is 25.4 Å². The minimum atomic E-state index is -0.484. The zero-order chi connectivity index (χ0) is 22.3. The van der Waals surface area contributed by atoms with Gasteiger partial charge in [-0.05, 0) is 13.3 Å². The number of carbonyl (C=O) groups excluding carboxylic acids is 1. The highest BCUT2D eigenvalue weighted by Gasteiger charge is 2.26. The summed E-state index contributed by atoms with van der Waals surface area (Å²) in [4.78, 5) is 22.5. The zero-order valence-electron chi connectivity index (χ0n) is 17.5. The molecule has 0 aliphatic rings. The molecule has 0 saturated carbocycles. The van der Waals surface area contributed by atoms with Gasteiger partial charge in [0, 0.05) is 25.2 Å². The van der Waals surface area contributed by atoms with Crippen LogP contribution in [0.1, 0.15) is 20.3 Å². The van der Waals surface area contributed by atoms with Crippen molar-refractivity contribution in [1.82, 2.24) is 9.97 Å². The van der Waals surface area contributed by atoms with Gasteiger partial charge in [0.2, 0.25) is 0 Å². The van der Waals surface area contributed by atoms with Gasteiger partial charge >= 0.3 is 6.03 Å². The predicted molar refractivity (Wildman–Crippen MR) is 117 cm³/mol. The van der Waals surface area contributed by atoms with E-state index >= 15 is 0 Å². The van der Waals surface area contributed by atoms with E-state index < -0.39 is 6.03 Å². The Kier molecular flexibility index (Phi) is 8.56. The molecule has 1 aromatic carbocycles. The van der Waals surface area contributed by atoms with Crippen molar-refractivity contribution < 1.29 is 25.9 Å². The number of allylic oxidation sites excluding steroid dienone is 1. The number of nitrogens with one attached hydrogen (secondary N) is 2. The van der Waals surface area contributed by atoms with Crippen LogP contribution in [-0.4, -0.2) is 43.3 Å². The Morgan fingerprint density at radius 1 is 1.30 bits per heavy atom. The molecule has 8 nitrogen and oxygen atoms in total. The summed E-state index contributed by atoms with van der Waals surface area (Å²) in [5.41, 5.74) is 0.227. The van der Waals surface area contributed by atoms with Crippen LogP contribution in [0.2, 0.25) is 10.0 Å². The molecule has 0 bridgehead atoms. The number of halogens is 2. The van der Waals surface area contributed by atoms with E-state index in [-0.39, 0.29) is 21.8 Å². The average molecular weight is 455 g/mol. The van der Waals surface area contributed by atoms with Crippen molar-refractivity contribution >= 4 is 35.0 Å². The van der Waals surface area contributed by atoms with E-state index in [0.717, 1.165) is 6.42 Å². The molecule has 1 heterocycles. The van der Waals surface area contributed by atoms with Crippen molar-refractivity contribution in [3.63, 3.8) is 0 Å². The Bertz CT molecular complexity index is 895. The topological polar surface area (TPSA) is 88.6 Å². The van der Waals surface area contributed by atoms with Gasteiger partial charge in [-0.2, -0.15) is 0 Å². The van der Waals surface area contributed by atoms with E-state index in [2.05, 4.69) is 33.6 Å². The van der Waals surface area contributed by atoms with E-state index in [4.69, 9.17) is 32.7 Å². The van der Waals surface area contributed by atoms with Crippen molar-refractivity contribution in [3.8, 4) is 11.5 Å². The first-order valence-electron chi connectivity index (χ1n) is 9.23. The third-order valence-electron chi connectivity index (χ3n) is 4.16. The number of benzene rings is 1. The largest absolute Gasteiger partial charge is 0.495 e. The summed E-state index contributed by atoms with van der Waals surface area (Å²) in [6.45, 7) is 4.08. The lowest BCUT2D eigenvalue weighted by molar-refractivity contribution is -0.289. The third kappa shape index (κ3) is 5.67. The molecule has 0 saturated heterocycles. The molecule has 0 aliphatic carbocycles. The van der Waals surface area contributed by atoms with Gasteiger partial charge < -0.3 is 20.1 Å². The monoisotopic (exact) mass is 454 g/mol. The SMILES string of the molecule is CC/C=C\C(C)Nc1cc(N(C)C(=O)Nc2c(Cl)c(OC)cc(OC)c2[ClH+])ncn1. The quantitative estimate of drug-likeness (QED) is 0.578. The second kappa shape index (κ2) is 10.9. The zero-order valence-corrected chi connectivity index (χ0v) is 19.1. The first kappa shape index (κ1) is 23.6. The van der Waals surface area contributed by atoms with Crippen LogP contribution in [0.25, 0.3) is 0 Å². The Morgan fingerprint density at radius 3 is 2.63 bits per heavy atom. The van der Waals surface area contributed by atoms with Gasteiger partial charge in [-0.25, -0.2) is 14.8 Å². The van der Waals surface area contributed by atoms with Crippen LogP contribution in [0.3, 0.4) is 0 Å². The number of hydrogen-bond donors (Lipinski definition) is 2. The summed E-state index contributed by atoms with van der Waals surface area (Å²) in [5.74, 6) is 1.70. The van der Waals surface area contributed by atoms with Crippen LogP contribution in [0.4, 0.5) is 22.1 Å². The van der Waals surface area contributed by atoms with Crippen LogP contribution in [-0.2, 0) is 0 Å². The van der Waals surface area contributed by atoms with Crippen molar-refractivity contribution in [2.45, 2.75) is 26.3 Å². The van der Waals surface area contributed by atoms with Crippen molar-refractivity contribution in [1.29, 1.82) is 0 Å². The highest BCUT2D eigenvalue weighted by atomic mass is 35.5. The van der Waals surface area contributed by atoms with Crippen LogP contribution < -0.4 is 25.0 Å². The van der Waals surface area contributed by atoms with Crippen molar-refractivity contribution in [2.24, 2.45) is 0 Å². The number of carbonyl (C=O) groups is 1. The van der Waals surface area contributed by atoms with Crippen LogP contribution >= 0.6 is 11.6 Å². The van der Waals surface area contributed by atoms with Gasteiger partial charge in [-0.1, -0.05) is 30.7 Å². The van der Waals surface area contributed by atoms with Crippen molar-refractivity contribution in [3.05, 3.63) is 40.7 Å². The lowest BCUT2D eigenvalue weighted by Gasteiger charge is -2.19. The fourth-order valence-corrected chi connectivity index (χ4v) is 3.16. The number of rotatable bonds is 8. The van der Waals surface area contributed by atoms with E-state index in [9.17, 15) is 4.79 Å². The smallest absolute Gasteiger partial charge is 0.327 e. The normalized spacial score (nSPS) is 11.8. The number of ether oxygens (including phenoxy) is 2. The molecule has 2 N–H and O–H groups in total. The second-order valence-corrected chi connectivity index (χ2v) is 7.11. The summed E-state index contributed by atoms with van der Waals surface area (Å²) in [6.07, 6.45) is 6.45. The molecular weight excluding hydrogens is 429 g/mol. The van der Waals surface area contributed by atoms with E-state index in [1.807, 2.05) is 13.0 Å². The fraction of sp³-hybridized carbons (Fsp3) is 0.350. The lowest BCUT2D eigenvalue weighted by Crippen LogP contribution is -2.32. The minimum absolute atomic E-state index is 0.0812. The molecule has 0 fully saturated rings. The molecule has 0 aliphatic heterocycles. The van der Waals surface area contributed by atoms with Crippen LogP contribution in [0, 0.1) is 11.6 Å². The van der Waals surface area contributed by atoms with Gasteiger partial charge in [-0.3, -0.25) is 4.90 Å². The predicted octanol–water partition coefficient (Wildman–Crippen LogP) is 4.28. The number of hydrogen-bond acceptors (Lipinski definition) is 6. The number of amides is 2.